The van der Waals surface area contributed by atoms with Crippen LogP contribution in [0.4, 0.5) is 11.8 Å². The Morgan fingerprint density at radius 3 is 2.26 bits per heavy atom. The number of aromatic nitrogens is 2. The molecule has 1 N–H and O–H groups in total. The van der Waals surface area contributed by atoms with Gasteiger partial charge in [0.05, 0.1) is 19.7 Å². The topological polar surface area (TPSA) is 83.1 Å². The van der Waals surface area contributed by atoms with E-state index in [1.807, 2.05) is 17.0 Å². The first-order chi connectivity index (χ1) is 15.0. The van der Waals surface area contributed by atoms with Gasteiger partial charge in [-0.25, -0.2) is 4.98 Å². The minimum absolute atomic E-state index is 0.139. The minimum atomic E-state index is 0.139. The highest BCUT2D eigenvalue weighted by molar-refractivity contribution is 5.93. The summed E-state index contributed by atoms with van der Waals surface area (Å²) in [5.41, 5.74) is 0.824. The fourth-order valence-electron chi connectivity index (χ4n) is 4.23. The number of piperazine rings is 1. The van der Waals surface area contributed by atoms with E-state index in [1.165, 1.54) is 0 Å². The summed E-state index contributed by atoms with van der Waals surface area (Å²) in [5.74, 6) is 2.98. The van der Waals surface area contributed by atoms with Crippen molar-refractivity contribution in [2.45, 2.75) is 25.8 Å². The van der Waals surface area contributed by atoms with Crippen LogP contribution in [0, 0.1) is 0 Å². The zero-order valence-corrected chi connectivity index (χ0v) is 18.8. The molecule has 9 heteroatoms. The summed E-state index contributed by atoms with van der Waals surface area (Å²) in [4.78, 5) is 27.9. The molecule has 1 aromatic carbocycles. The first-order valence-corrected chi connectivity index (χ1v) is 10.9. The van der Waals surface area contributed by atoms with Gasteiger partial charge in [-0.2, -0.15) is 4.98 Å². The van der Waals surface area contributed by atoms with E-state index in [-0.39, 0.29) is 11.9 Å². The Morgan fingerprint density at radius 1 is 1.00 bits per heavy atom. The molecule has 0 spiro atoms. The molecule has 31 heavy (non-hydrogen) atoms. The molecule has 9 nitrogen and oxygen atoms in total. The van der Waals surface area contributed by atoms with Crippen LogP contribution >= 0.6 is 0 Å². The zero-order chi connectivity index (χ0) is 22.0. The normalized spacial score (nSPS) is 18.3. The Bertz CT molecular complexity index is 936. The van der Waals surface area contributed by atoms with Crippen molar-refractivity contribution in [3.05, 3.63) is 12.1 Å². The van der Waals surface area contributed by atoms with Gasteiger partial charge in [0.2, 0.25) is 11.9 Å². The Morgan fingerprint density at radius 2 is 1.65 bits per heavy atom. The van der Waals surface area contributed by atoms with Crippen LogP contribution in [0.1, 0.15) is 19.8 Å². The van der Waals surface area contributed by atoms with Crippen LogP contribution in [-0.2, 0) is 4.79 Å². The quantitative estimate of drug-likeness (QED) is 0.772. The van der Waals surface area contributed by atoms with Crippen molar-refractivity contribution >= 4 is 28.6 Å². The van der Waals surface area contributed by atoms with Gasteiger partial charge in [0, 0.05) is 63.7 Å². The maximum Gasteiger partial charge on any atom is 0.227 e. The third-order valence-corrected chi connectivity index (χ3v) is 6.26. The summed E-state index contributed by atoms with van der Waals surface area (Å²) >= 11 is 0. The smallest absolute Gasteiger partial charge is 0.227 e. The van der Waals surface area contributed by atoms with Crippen LogP contribution in [0.15, 0.2) is 12.1 Å². The lowest BCUT2D eigenvalue weighted by atomic mass is 10.0. The van der Waals surface area contributed by atoms with E-state index in [0.717, 1.165) is 74.8 Å². The number of hydrogen-bond acceptors (Lipinski definition) is 8. The molecular formula is C22H32N6O3. The van der Waals surface area contributed by atoms with E-state index < -0.39 is 0 Å². The summed E-state index contributed by atoms with van der Waals surface area (Å²) in [6.45, 7) is 6.92. The lowest BCUT2D eigenvalue weighted by Crippen LogP contribution is -2.45. The van der Waals surface area contributed by atoms with Crippen LogP contribution in [0.2, 0.25) is 0 Å². The lowest BCUT2D eigenvalue weighted by Gasteiger charge is -2.34. The molecule has 3 heterocycles. The molecule has 168 valence electrons. The molecule has 0 aliphatic carbocycles. The van der Waals surface area contributed by atoms with Crippen molar-refractivity contribution in [3.63, 3.8) is 0 Å². The number of hydrogen-bond donors (Lipinski definition) is 1. The summed E-state index contributed by atoms with van der Waals surface area (Å²) in [5, 5.41) is 4.54. The Kier molecular flexibility index (Phi) is 6.31. The predicted molar refractivity (Wildman–Crippen MR) is 121 cm³/mol. The minimum Gasteiger partial charge on any atom is -0.493 e. The van der Waals surface area contributed by atoms with E-state index in [0.29, 0.717) is 11.5 Å². The average molecular weight is 429 g/mol. The second-order valence-electron chi connectivity index (χ2n) is 8.31. The summed E-state index contributed by atoms with van der Waals surface area (Å²) in [7, 11) is 5.40. The molecule has 1 aromatic heterocycles. The molecule has 1 amide bonds. The first kappa shape index (κ1) is 21.4. The van der Waals surface area contributed by atoms with Crippen molar-refractivity contribution in [1.82, 2.24) is 19.8 Å². The van der Waals surface area contributed by atoms with E-state index in [2.05, 4.69) is 22.2 Å². The van der Waals surface area contributed by atoms with Crippen LogP contribution in [0.25, 0.3) is 10.9 Å². The molecule has 2 fully saturated rings. The predicted octanol–water partition coefficient (Wildman–Crippen LogP) is 1.82. The maximum absolute atomic E-state index is 11.7. The second kappa shape index (κ2) is 9.13. The second-order valence-corrected chi connectivity index (χ2v) is 8.31. The number of rotatable bonds is 5. The van der Waals surface area contributed by atoms with Gasteiger partial charge in [0.15, 0.2) is 11.5 Å². The van der Waals surface area contributed by atoms with E-state index in [1.54, 1.807) is 21.1 Å². The highest BCUT2D eigenvalue weighted by Crippen LogP contribution is 2.35. The van der Waals surface area contributed by atoms with Crippen LogP contribution in [-0.4, -0.2) is 92.3 Å². The third kappa shape index (κ3) is 4.61. The van der Waals surface area contributed by atoms with Crippen molar-refractivity contribution in [2.75, 3.05) is 70.8 Å². The number of piperidine rings is 1. The molecule has 0 bridgehead atoms. The molecular weight excluding hydrogens is 396 g/mol. The molecule has 0 saturated carbocycles. The van der Waals surface area contributed by atoms with Gasteiger partial charge < -0.3 is 29.5 Å². The van der Waals surface area contributed by atoms with Gasteiger partial charge in [-0.05, 0) is 26.0 Å². The van der Waals surface area contributed by atoms with Gasteiger partial charge in [-0.3, -0.25) is 4.79 Å². The fraction of sp³-hybridized carbons (Fsp3) is 0.591. The van der Waals surface area contributed by atoms with Gasteiger partial charge in [0.25, 0.3) is 0 Å². The summed E-state index contributed by atoms with van der Waals surface area (Å²) in [6.07, 6.45) is 1.78. The summed E-state index contributed by atoms with van der Waals surface area (Å²) < 4.78 is 11.0. The number of methoxy groups -OCH3 is 2. The molecule has 4 rings (SSSR count). The first-order valence-electron chi connectivity index (χ1n) is 10.9. The number of fused-ring (bicyclic) bond motifs is 1. The Hall–Kier alpha value is -2.81. The molecule has 0 atom stereocenters. The van der Waals surface area contributed by atoms with Gasteiger partial charge in [-0.1, -0.05) is 0 Å². The summed E-state index contributed by atoms with van der Waals surface area (Å²) in [6, 6.07) is 4.11. The lowest BCUT2D eigenvalue weighted by molar-refractivity contribution is -0.129. The molecule has 2 saturated heterocycles. The monoisotopic (exact) mass is 428 g/mol. The largest absolute Gasteiger partial charge is 0.493 e. The number of benzene rings is 1. The number of likely N-dealkylation sites (N-methyl/N-ethyl adjacent to an activating group) is 1. The van der Waals surface area contributed by atoms with E-state index in [4.69, 9.17) is 19.4 Å². The van der Waals surface area contributed by atoms with Crippen LogP contribution in [0.5, 0.6) is 11.5 Å². The number of nitrogens with zero attached hydrogens (tertiary/aromatic N) is 5. The number of anilines is 2. The van der Waals surface area contributed by atoms with Crippen LogP contribution < -0.4 is 19.7 Å². The van der Waals surface area contributed by atoms with Gasteiger partial charge in [-0.15, -0.1) is 0 Å². The molecule has 2 aromatic rings. The van der Waals surface area contributed by atoms with E-state index >= 15 is 0 Å². The van der Waals surface area contributed by atoms with Crippen LogP contribution in [0.3, 0.4) is 0 Å². The number of carbonyl (C=O) groups is 1. The molecule has 2 aliphatic heterocycles. The van der Waals surface area contributed by atoms with Crippen molar-refractivity contribution in [2.24, 2.45) is 0 Å². The Labute approximate surface area is 183 Å². The third-order valence-electron chi connectivity index (χ3n) is 6.26. The Balaban J connectivity index is 1.68. The zero-order valence-electron chi connectivity index (χ0n) is 18.8. The average Bonchev–Trinajstić information content (AvgIpc) is 2.79. The van der Waals surface area contributed by atoms with Crippen molar-refractivity contribution < 1.29 is 14.3 Å². The van der Waals surface area contributed by atoms with Crippen molar-refractivity contribution in [1.29, 1.82) is 0 Å². The fourth-order valence-corrected chi connectivity index (χ4v) is 4.23. The number of nitrogens with one attached hydrogen (secondary N) is 1. The SMILES string of the molecule is COc1cc2nc(N3CCN(C)CC3)nc(NC3CCN(C(C)=O)CC3)c2cc1OC. The molecule has 2 aliphatic rings. The number of ether oxygens (including phenoxy) is 2. The van der Waals surface area contributed by atoms with E-state index in [9.17, 15) is 4.79 Å². The number of carbonyl (C=O) groups excluding carboxylic acids is 1. The number of likely N-dealkylation sites (tertiary alicyclic amines) is 1. The highest BCUT2D eigenvalue weighted by atomic mass is 16.5. The molecule has 0 unspecified atom stereocenters. The maximum atomic E-state index is 11.7. The highest BCUT2D eigenvalue weighted by Gasteiger charge is 2.24. The van der Waals surface area contributed by atoms with Gasteiger partial charge >= 0.3 is 0 Å². The molecule has 0 radical (unpaired) electrons. The van der Waals surface area contributed by atoms with Crippen molar-refractivity contribution in [3.8, 4) is 11.5 Å². The number of amides is 1. The van der Waals surface area contributed by atoms with Gasteiger partial charge in [0.1, 0.15) is 5.82 Å². The standard InChI is InChI=1S/C22H32N6O3/c1-15(29)27-7-5-16(6-8-27)23-21-17-13-19(30-3)20(31-4)14-18(17)24-22(25-21)28-11-9-26(2)10-12-28/h13-14,16H,5-12H2,1-4H3,(H,23,24,25).